The lowest BCUT2D eigenvalue weighted by atomic mass is 10.1. The summed E-state index contributed by atoms with van der Waals surface area (Å²) in [6.07, 6.45) is 1.77. The van der Waals surface area contributed by atoms with Crippen LogP contribution < -0.4 is 14.8 Å². The Balaban J connectivity index is 1.41. The second-order valence-electron chi connectivity index (χ2n) is 7.68. The molecule has 0 spiro atoms. The van der Waals surface area contributed by atoms with Gasteiger partial charge in [0.25, 0.3) is 0 Å². The van der Waals surface area contributed by atoms with Gasteiger partial charge in [0.2, 0.25) is 0 Å². The van der Waals surface area contributed by atoms with E-state index in [9.17, 15) is 9.90 Å². The van der Waals surface area contributed by atoms with Gasteiger partial charge in [0.05, 0.1) is 12.8 Å². The molecule has 0 aliphatic rings. The van der Waals surface area contributed by atoms with Crippen LogP contribution in [0.1, 0.15) is 11.1 Å². The van der Waals surface area contributed by atoms with Crippen LogP contribution in [0.15, 0.2) is 91.3 Å². The summed E-state index contributed by atoms with van der Waals surface area (Å²) >= 11 is 0. The minimum absolute atomic E-state index is 0.342. The number of carbonyl (C=O) groups is 1. The lowest BCUT2D eigenvalue weighted by Gasteiger charge is -2.15. The standard InChI is InChI=1S/C27H25N3O4/c1-33-23-9-5-8-20(14-23)17-34-22-12-10-21(11-13-22)24-16-26(29-18-28-24)30-25(27(31)32)15-19-6-3-2-4-7-19/h2-14,16,18,25H,15,17H2,1H3,(H,31,32)(H,28,29,30). The topological polar surface area (TPSA) is 93.6 Å². The number of ether oxygens (including phenoxy) is 2. The first-order valence-electron chi connectivity index (χ1n) is 10.8. The largest absolute Gasteiger partial charge is 0.497 e. The number of anilines is 1. The molecule has 0 saturated carbocycles. The van der Waals surface area contributed by atoms with Gasteiger partial charge in [0.15, 0.2) is 0 Å². The van der Waals surface area contributed by atoms with Gasteiger partial charge in [0.1, 0.15) is 36.3 Å². The van der Waals surface area contributed by atoms with E-state index >= 15 is 0 Å². The van der Waals surface area contributed by atoms with Gasteiger partial charge in [-0.3, -0.25) is 0 Å². The van der Waals surface area contributed by atoms with Crippen LogP contribution in [0, 0.1) is 0 Å². The van der Waals surface area contributed by atoms with Crippen LogP contribution in [0.3, 0.4) is 0 Å². The number of aliphatic carboxylic acids is 1. The molecule has 1 heterocycles. The Labute approximate surface area is 198 Å². The van der Waals surface area contributed by atoms with Gasteiger partial charge in [-0.2, -0.15) is 0 Å². The second kappa shape index (κ2) is 11.0. The zero-order valence-electron chi connectivity index (χ0n) is 18.7. The molecular formula is C27H25N3O4. The molecule has 4 rings (SSSR count). The fourth-order valence-corrected chi connectivity index (χ4v) is 3.47. The number of hydrogen-bond acceptors (Lipinski definition) is 6. The maximum Gasteiger partial charge on any atom is 0.326 e. The Hall–Kier alpha value is -4.39. The number of nitrogens with one attached hydrogen (secondary N) is 1. The van der Waals surface area contributed by atoms with Crippen molar-refractivity contribution in [3.63, 3.8) is 0 Å². The first-order valence-corrected chi connectivity index (χ1v) is 10.8. The number of methoxy groups -OCH3 is 1. The summed E-state index contributed by atoms with van der Waals surface area (Å²) in [5.41, 5.74) is 3.49. The predicted octanol–water partition coefficient (Wildman–Crippen LogP) is 4.84. The highest BCUT2D eigenvalue weighted by molar-refractivity contribution is 5.77. The number of carboxylic acid groups (broad SMARTS) is 1. The van der Waals surface area contributed by atoms with Crippen molar-refractivity contribution < 1.29 is 19.4 Å². The van der Waals surface area contributed by atoms with Crippen molar-refractivity contribution in [2.75, 3.05) is 12.4 Å². The van der Waals surface area contributed by atoms with E-state index in [1.807, 2.05) is 78.9 Å². The van der Waals surface area contributed by atoms with E-state index in [1.54, 1.807) is 13.2 Å². The highest BCUT2D eigenvalue weighted by atomic mass is 16.5. The number of nitrogens with zero attached hydrogens (tertiary/aromatic N) is 2. The van der Waals surface area contributed by atoms with Crippen molar-refractivity contribution in [2.45, 2.75) is 19.1 Å². The Morgan fingerprint density at radius 2 is 1.68 bits per heavy atom. The highest BCUT2D eigenvalue weighted by Gasteiger charge is 2.18. The van der Waals surface area contributed by atoms with E-state index in [1.165, 1.54) is 6.33 Å². The van der Waals surface area contributed by atoms with Crippen LogP contribution in [0.5, 0.6) is 11.5 Å². The van der Waals surface area contributed by atoms with E-state index in [2.05, 4.69) is 15.3 Å². The Kier molecular flexibility index (Phi) is 7.35. The van der Waals surface area contributed by atoms with Crippen LogP contribution in [0.25, 0.3) is 11.3 Å². The van der Waals surface area contributed by atoms with Gasteiger partial charge >= 0.3 is 5.97 Å². The maximum absolute atomic E-state index is 11.8. The molecule has 7 heteroatoms. The number of aromatic nitrogens is 2. The van der Waals surface area contributed by atoms with Crippen LogP contribution in [0.2, 0.25) is 0 Å². The van der Waals surface area contributed by atoms with Crippen molar-refractivity contribution in [3.8, 4) is 22.8 Å². The Morgan fingerprint density at radius 1 is 0.912 bits per heavy atom. The number of hydrogen-bond donors (Lipinski definition) is 2. The third-order valence-corrected chi connectivity index (χ3v) is 5.26. The molecule has 4 aromatic rings. The summed E-state index contributed by atoms with van der Waals surface area (Å²) < 4.78 is 11.1. The number of benzene rings is 3. The smallest absolute Gasteiger partial charge is 0.326 e. The number of carboxylic acids is 1. The first-order chi connectivity index (χ1) is 16.6. The third kappa shape index (κ3) is 6.10. The van der Waals surface area contributed by atoms with Gasteiger partial charge in [0, 0.05) is 18.1 Å². The summed E-state index contributed by atoms with van der Waals surface area (Å²) in [5.74, 6) is 1.03. The van der Waals surface area contributed by atoms with E-state index in [0.29, 0.717) is 24.5 Å². The predicted molar refractivity (Wildman–Crippen MR) is 130 cm³/mol. The van der Waals surface area contributed by atoms with Gasteiger partial charge in [-0.25, -0.2) is 14.8 Å². The van der Waals surface area contributed by atoms with E-state index in [4.69, 9.17) is 9.47 Å². The van der Waals surface area contributed by atoms with Crippen LogP contribution in [0.4, 0.5) is 5.82 Å². The third-order valence-electron chi connectivity index (χ3n) is 5.26. The van der Waals surface area contributed by atoms with E-state index < -0.39 is 12.0 Å². The number of rotatable bonds is 10. The molecule has 3 aromatic carbocycles. The first kappa shape index (κ1) is 22.8. The van der Waals surface area contributed by atoms with Crippen molar-refractivity contribution in [1.82, 2.24) is 9.97 Å². The van der Waals surface area contributed by atoms with Gasteiger partial charge in [-0.05, 0) is 47.5 Å². The fourth-order valence-electron chi connectivity index (χ4n) is 3.47. The quantitative estimate of drug-likeness (QED) is 0.353. The molecule has 172 valence electrons. The lowest BCUT2D eigenvalue weighted by Crippen LogP contribution is -2.31. The SMILES string of the molecule is COc1cccc(COc2ccc(-c3cc(NC(Cc4ccccc4)C(=O)O)ncn3)cc2)c1. The Bertz CT molecular complexity index is 1230. The minimum Gasteiger partial charge on any atom is -0.497 e. The maximum atomic E-state index is 11.8. The molecule has 0 aliphatic carbocycles. The monoisotopic (exact) mass is 455 g/mol. The molecule has 0 bridgehead atoms. The molecule has 1 unspecified atom stereocenters. The van der Waals surface area contributed by atoms with Crippen molar-refractivity contribution in [1.29, 1.82) is 0 Å². The summed E-state index contributed by atoms with van der Waals surface area (Å²) in [4.78, 5) is 20.3. The zero-order chi connectivity index (χ0) is 23.8. The summed E-state index contributed by atoms with van der Waals surface area (Å²) in [6.45, 7) is 0.427. The fraction of sp³-hybridized carbons (Fsp3) is 0.148. The molecule has 0 radical (unpaired) electrons. The van der Waals surface area contributed by atoms with Crippen molar-refractivity contribution in [3.05, 3.63) is 102 Å². The average molecular weight is 456 g/mol. The molecule has 0 fully saturated rings. The van der Waals surface area contributed by atoms with E-state index in [0.717, 1.165) is 28.2 Å². The summed E-state index contributed by atoms with van der Waals surface area (Å²) in [6, 6.07) is 25.7. The second-order valence-corrected chi connectivity index (χ2v) is 7.68. The minimum atomic E-state index is -0.943. The lowest BCUT2D eigenvalue weighted by molar-refractivity contribution is -0.137. The Morgan fingerprint density at radius 3 is 2.41 bits per heavy atom. The van der Waals surface area contributed by atoms with Crippen LogP contribution >= 0.6 is 0 Å². The van der Waals surface area contributed by atoms with Crippen LogP contribution in [-0.2, 0) is 17.8 Å². The molecule has 34 heavy (non-hydrogen) atoms. The molecule has 0 amide bonds. The van der Waals surface area contributed by atoms with Gasteiger partial charge in [-0.1, -0.05) is 42.5 Å². The van der Waals surface area contributed by atoms with Crippen molar-refractivity contribution >= 4 is 11.8 Å². The average Bonchev–Trinajstić information content (AvgIpc) is 2.88. The molecule has 0 aliphatic heterocycles. The molecule has 7 nitrogen and oxygen atoms in total. The molecule has 2 N–H and O–H groups in total. The van der Waals surface area contributed by atoms with Crippen molar-refractivity contribution in [2.24, 2.45) is 0 Å². The summed E-state index contributed by atoms with van der Waals surface area (Å²) in [5, 5.41) is 12.7. The molecule has 0 saturated heterocycles. The van der Waals surface area contributed by atoms with E-state index in [-0.39, 0.29) is 0 Å². The molecule has 1 atom stereocenters. The highest BCUT2D eigenvalue weighted by Crippen LogP contribution is 2.23. The van der Waals surface area contributed by atoms with Crippen LogP contribution in [-0.4, -0.2) is 34.2 Å². The summed E-state index contributed by atoms with van der Waals surface area (Å²) in [7, 11) is 1.64. The zero-order valence-corrected chi connectivity index (χ0v) is 18.7. The molecular weight excluding hydrogens is 430 g/mol. The normalized spacial score (nSPS) is 11.4. The molecule has 1 aromatic heterocycles. The van der Waals surface area contributed by atoms with Gasteiger partial charge in [-0.15, -0.1) is 0 Å². The van der Waals surface area contributed by atoms with Gasteiger partial charge < -0.3 is 19.9 Å².